The molecule has 7 nitrogen and oxygen atoms in total. The lowest BCUT2D eigenvalue weighted by Crippen LogP contribution is -2.62. The molecule has 1 aliphatic rings. The number of carboxylic acid groups (broad SMARTS) is 1. The molecule has 0 radical (unpaired) electrons. The summed E-state index contributed by atoms with van der Waals surface area (Å²) in [6.07, 6.45) is -6.37. The molecule has 1 rings (SSSR count). The van der Waals surface area contributed by atoms with Crippen LogP contribution in [0.4, 0.5) is 0 Å². The number of rotatable bonds is 1. The van der Waals surface area contributed by atoms with Crippen molar-refractivity contribution < 1.29 is 30.0 Å². The van der Waals surface area contributed by atoms with Gasteiger partial charge in [0, 0.05) is 0 Å². The monoisotopic (exact) mass is 193 g/mol. The number of aliphatic carboxylic acids is 1. The molecule has 7 heteroatoms. The van der Waals surface area contributed by atoms with E-state index in [-0.39, 0.29) is 0 Å². The van der Waals surface area contributed by atoms with E-state index >= 15 is 0 Å². The Hall–Kier alpha value is -0.730. The van der Waals surface area contributed by atoms with Crippen molar-refractivity contribution in [3.63, 3.8) is 0 Å². The molecule has 0 unspecified atom stereocenters. The van der Waals surface area contributed by atoms with Crippen molar-refractivity contribution in [2.45, 2.75) is 30.6 Å². The Balaban J connectivity index is 2.76. The Morgan fingerprint density at radius 3 is 2.23 bits per heavy atom. The third-order valence-corrected chi connectivity index (χ3v) is 1.91. The van der Waals surface area contributed by atoms with Crippen LogP contribution in [-0.4, -0.2) is 57.0 Å². The first-order valence-corrected chi connectivity index (χ1v) is 3.63. The molecule has 6 N–H and O–H groups in total. The van der Waals surface area contributed by atoms with Crippen LogP contribution in [0.15, 0.2) is 0 Å². The molecule has 0 aromatic rings. The summed E-state index contributed by atoms with van der Waals surface area (Å²) in [5, 5.41) is 35.8. The van der Waals surface area contributed by atoms with Gasteiger partial charge in [0.15, 0.2) is 12.4 Å². The van der Waals surface area contributed by atoms with E-state index in [1.807, 2.05) is 0 Å². The van der Waals surface area contributed by atoms with Crippen LogP contribution in [0.3, 0.4) is 0 Å². The smallest absolute Gasteiger partial charge is 0.335 e. The standard InChI is InChI=1S/C6H11NO6/c7-1-2(8)3(9)4(5(10)11)13-6(1)12/h1-4,6,8-9,12H,7H2,(H,10,11)/t1-,2-,3-,4+,6-/m1/s1. The third kappa shape index (κ3) is 1.79. The molecule has 5 atom stereocenters. The van der Waals surface area contributed by atoms with E-state index in [2.05, 4.69) is 4.74 Å². The second kappa shape index (κ2) is 3.56. The lowest BCUT2D eigenvalue weighted by Gasteiger charge is -2.36. The summed E-state index contributed by atoms with van der Waals surface area (Å²) in [7, 11) is 0. The van der Waals surface area contributed by atoms with E-state index in [9.17, 15) is 4.79 Å². The highest BCUT2D eigenvalue weighted by Gasteiger charge is 2.45. The lowest BCUT2D eigenvalue weighted by atomic mass is 9.98. The molecular weight excluding hydrogens is 182 g/mol. The number of carboxylic acids is 1. The van der Waals surface area contributed by atoms with Crippen LogP contribution < -0.4 is 5.73 Å². The molecule has 0 aromatic heterocycles. The number of aliphatic hydroxyl groups is 3. The Labute approximate surface area is 73.4 Å². The highest BCUT2D eigenvalue weighted by molar-refractivity contribution is 5.73. The largest absolute Gasteiger partial charge is 0.479 e. The number of hydrogen-bond acceptors (Lipinski definition) is 6. The molecule has 0 bridgehead atoms. The van der Waals surface area contributed by atoms with Gasteiger partial charge < -0.3 is 30.9 Å². The van der Waals surface area contributed by atoms with Crippen molar-refractivity contribution in [2.75, 3.05) is 0 Å². The normalized spacial score (nSPS) is 46.0. The Morgan fingerprint density at radius 2 is 1.77 bits per heavy atom. The minimum Gasteiger partial charge on any atom is -0.479 e. The minimum atomic E-state index is -1.65. The molecule has 1 aliphatic heterocycles. The lowest BCUT2D eigenvalue weighted by molar-refractivity contribution is -0.244. The average molecular weight is 193 g/mol. The first-order valence-electron chi connectivity index (χ1n) is 3.63. The van der Waals surface area contributed by atoms with Gasteiger partial charge >= 0.3 is 5.97 Å². The summed E-state index contributed by atoms with van der Waals surface area (Å²) < 4.78 is 4.46. The fraction of sp³-hybridized carbons (Fsp3) is 0.833. The zero-order chi connectivity index (χ0) is 10.2. The number of hydrogen-bond donors (Lipinski definition) is 5. The zero-order valence-corrected chi connectivity index (χ0v) is 6.57. The Morgan fingerprint density at radius 1 is 1.23 bits per heavy atom. The van der Waals surface area contributed by atoms with Crippen molar-refractivity contribution >= 4 is 5.97 Å². The molecule has 0 spiro atoms. The topological polar surface area (TPSA) is 133 Å². The summed E-state index contributed by atoms with van der Waals surface area (Å²) in [6, 6.07) is -1.20. The van der Waals surface area contributed by atoms with Crippen molar-refractivity contribution in [3.8, 4) is 0 Å². The number of aliphatic hydroxyl groups excluding tert-OH is 3. The maximum atomic E-state index is 10.4. The second-order valence-corrected chi connectivity index (χ2v) is 2.84. The van der Waals surface area contributed by atoms with Gasteiger partial charge in [0.25, 0.3) is 0 Å². The van der Waals surface area contributed by atoms with Crippen LogP contribution in [0.5, 0.6) is 0 Å². The van der Waals surface area contributed by atoms with Crippen molar-refractivity contribution in [2.24, 2.45) is 5.73 Å². The van der Waals surface area contributed by atoms with Gasteiger partial charge in [-0.25, -0.2) is 4.79 Å². The fourth-order valence-corrected chi connectivity index (χ4v) is 1.10. The maximum absolute atomic E-state index is 10.4. The van der Waals surface area contributed by atoms with Gasteiger partial charge in [-0.1, -0.05) is 0 Å². The molecule has 13 heavy (non-hydrogen) atoms. The van der Waals surface area contributed by atoms with E-state index in [4.69, 9.17) is 26.2 Å². The van der Waals surface area contributed by atoms with Crippen molar-refractivity contribution in [3.05, 3.63) is 0 Å². The molecular formula is C6H11NO6. The van der Waals surface area contributed by atoms with Gasteiger partial charge in [-0.3, -0.25) is 0 Å². The number of carbonyl (C=O) groups is 1. The van der Waals surface area contributed by atoms with Crippen LogP contribution in [0.25, 0.3) is 0 Å². The highest BCUT2D eigenvalue weighted by atomic mass is 16.6. The molecule has 0 saturated carbocycles. The van der Waals surface area contributed by atoms with Gasteiger partial charge in [-0.05, 0) is 0 Å². The Kier molecular flexibility index (Phi) is 2.84. The molecule has 0 aliphatic carbocycles. The summed E-state index contributed by atoms with van der Waals surface area (Å²) in [5.41, 5.74) is 5.20. The molecule has 0 amide bonds. The number of nitrogens with two attached hydrogens (primary N) is 1. The van der Waals surface area contributed by atoms with E-state index < -0.39 is 36.6 Å². The van der Waals surface area contributed by atoms with E-state index in [0.717, 1.165) is 0 Å². The summed E-state index contributed by atoms with van der Waals surface area (Å²) in [5.74, 6) is -1.46. The predicted molar refractivity (Wildman–Crippen MR) is 38.5 cm³/mol. The predicted octanol–water partition coefficient (Wildman–Crippen LogP) is -3.16. The van der Waals surface area contributed by atoms with E-state index in [1.165, 1.54) is 0 Å². The Bertz CT molecular complexity index is 209. The minimum absolute atomic E-state index is 1.20. The quantitative estimate of drug-likeness (QED) is 0.296. The summed E-state index contributed by atoms with van der Waals surface area (Å²) >= 11 is 0. The first-order chi connectivity index (χ1) is 5.95. The summed E-state index contributed by atoms with van der Waals surface area (Å²) in [4.78, 5) is 10.4. The average Bonchev–Trinajstić information content (AvgIpc) is 2.07. The molecule has 1 fully saturated rings. The van der Waals surface area contributed by atoms with Gasteiger partial charge in [0.05, 0.1) is 6.04 Å². The van der Waals surface area contributed by atoms with Crippen molar-refractivity contribution in [1.29, 1.82) is 0 Å². The SMILES string of the molecule is N[C@@H]1[C@@H](O)[C@@H](O)[C@@H](C(=O)O)O[C@H]1O. The molecule has 0 aromatic carbocycles. The molecule has 1 heterocycles. The third-order valence-electron chi connectivity index (χ3n) is 1.91. The van der Waals surface area contributed by atoms with Gasteiger partial charge in [-0.2, -0.15) is 0 Å². The van der Waals surface area contributed by atoms with E-state index in [1.54, 1.807) is 0 Å². The van der Waals surface area contributed by atoms with Gasteiger partial charge in [-0.15, -0.1) is 0 Å². The second-order valence-electron chi connectivity index (χ2n) is 2.84. The fourth-order valence-electron chi connectivity index (χ4n) is 1.10. The first kappa shape index (κ1) is 10.4. The van der Waals surface area contributed by atoms with Crippen LogP contribution in [0.1, 0.15) is 0 Å². The van der Waals surface area contributed by atoms with Crippen LogP contribution in [0.2, 0.25) is 0 Å². The summed E-state index contributed by atoms with van der Waals surface area (Å²) in [6.45, 7) is 0. The zero-order valence-electron chi connectivity index (χ0n) is 6.57. The van der Waals surface area contributed by atoms with Gasteiger partial charge in [0.1, 0.15) is 12.2 Å². The highest BCUT2D eigenvalue weighted by Crippen LogP contribution is 2.18. The van der Waals surface area contributed by atoms with Crippen molar-refractivity contribution in [1.82, 2.24) is 0 Å². The maximum Gasteiger partial charge on any atom is 0.335 e. The van der Waals surface area contributed by atoms with Crippen LogP contribution in [0, 0.1) is 0 Å². The van der Waals surface area contributed by atoms with Crippen LogP contribution in [-0.2, 0) is 9.53 Å². The molecule has 76 valence electrons. The molecule has 1 saturated heterocycles. The van der Waals surface area contributed by atoms with Gasteiger partial charge in [0.2, 0.25) is 0 Å². The number of ether oxygens (including phenoxy) is 1. The van der Waals surface area contributed by atoms with Crippen LogP contribution >= 0.6 is 0 Å². The van der Waals surface area contributed by atoms with E-state index in [0.29, 0.717) is 0 Å².